The lowest BCUT2D eigenvalue weighted by Gasteiger charge is -2.31. The average molecular weight is 797 g/mol. The van der Waals surface area contributed by atoms with Crippen molar-refractivity contribution in [2.75, 3.05) is 36.0 Å². The van der Waals surface area contributed by atoms with Crippen LogP contribution in [0.15, 0.2) is 107 Å². The molecule has 0 spiro atoms. The van der Waals surface area contributed by atoms with E-state index in [4.69, 9.17) is 11.5 Å². The third-order valence-corrected chi connectivity index (χ3v) is 12.1. The van der Waals surface area contributed by atoms with Crippen LogP contribution in [-0.2, 0) is 28.1 Å². The number of hydrogen-bond donors (Lipinski definition) is 2. The summed E-state index contributed by atoms with van der Waals surface area (Å²) in [5, 5.41) is 0. The smallest absolute Gasteiger partial charge is 0.368 e. The molecule has 0 aliphatic carbocycles. The van der Waals surface area contributed by atoms with Crippen molar-refractivity contribution in [1.82, 2.24) is 17.9 Å². The molecule has 2 atom stereocenters. The molecule has 2 fully saturated rings. The Bertz CT molecular complexity index is 2280. The van der Waals surface area contributed by atoms with Crippen molar-refractivity contribution in [3.63, 3.8) is 0 Å². The Labute approximate surface area is 322 Å². The molecule has 0 radical (unpaired) electrons. The number of rotatable bonds is 6. The van der Waals surface area contributed by atoms with Gasteiger partial charge < -0.3 is 21.3 Å². The molecule has 292 valence electrons. The molecule has 55 heavy (non-hydrogen) atoms. The van der Waals surface area contributed by atoms with E-state index in [1.807, 2.05) is 32.2 Å². The van der Waals surface area contributed by atoms with Crippen LogP contribution in [0.4, 0.5) is 28.9 Å². The van der Waals surface area contributed by atoms with E-state index in [1.54, 1.807) is 46.8 Å². The highest BCUT2D eigenvalue weighted by molar-refractivity contribution is 7.84. The maximum absolute atomic E-state index is 13.5. The average Bonchev–Trinajstić information content (AvgIpc) is 3.78. The van der Waals surface area contributed by atoms with Crippen LogP contribution < -0.4 is 21.3 Å². The first-order chi connectivity index (χ1) is 26.5. The number of anilines is 2. The van der Waals surface area contributed by atoms with E-state index in [9.17, 15) is 26.0 Å². The first kappa shape index (κ1) is 40.0. The SMILES string of the molecule is CC.NC1CCN(c2cn(S(=O)c3cccc(C(F)(F)F)c3)c3cccnc23)CC1.NC1CCN(c2cn(S(=O)c3cccc(F)c3)c3cccnc23)CC1. The van der Waals surface area contributed by atoms with Gasteiger partial charge in [-0.2, -0.15) is 13.2 Å². The van der Waals surface area contributed by atoms with E-state index in [1.165, 1.54) is 28.2 Å². The van der Waals surface area contributed by atoms with E-state index in [0.29, 0.717) is 15.9 Å². The summed E-state index contributed by atoms with van der Waals surface area (Å²) >= 11 is 0. The standard InChI is InChI=1S/C19H19F3N4OS.C18H19FN4OS.C2H6/c20-19(21,22)13-3-1-4-15(11-13)28(27)26-12-17(18-16(26)5-2-8-24-18)25-9-6-14(23)7-10-25;19-13-3-1-4-15(11-13)25(24)23-12-17(18-16(23)5-2-8-21-18)22-9-6-14(20)7-10-22;1-2/h1-5,8,11-12,14H,6-7,9-10,23H2;1-5,8,11-12,14H,6-7,9-10,20H2;1-2H3. The van der Waals surface area contributed by atoms with Crippen molar-refractivity contribution in [3.8, 4) is 0 Å². The lowest BCUT2D eigenvalue weighted by Crippen LogP contribution is -2.39. The summed E-state index contributed by atoms with van der Waals surface area (Å²) in [6.45, 7) is 7.22. The van der Waals surface area contributed by atoms with Crippen LogP contribution in [0.25, 0.3) is 22.1 Å². The van der Waals surface area contributed by atoms with E-state index < -0.39 is 39.5 Å². The van der Waals surface area contributed by atoms with E-state index in [0.717, 1.165) is 86.4 Å². The summed E-state index contributed by atoms with van der Waals surface area (Å²) in [6.07, 6.45) is 6.00. The minimum Gasteiger partial charge on any atom is -0.368 e. The van der Waals surface area contributed by atoms with Crippen LogP contribution in [0.1, 0.15) is 45.1 Å². The van der Waals surface area contributed by atoms with Gasteiger partial charge in [0.05, 0.1) is 37.8 Å². The molecule has 16 heteroatoms. The Morgan fingerprint density at radius 3 is 1.53 bits per heavy atom. The van der Waals surface area contributed by atoms with Crippen LogP contribution in [0.2, 0.25) is 0 Å². The van der Waals surface area contributed by atoms with Crippen LogP contribution in [0.5, 0.6) is 0 Å². The Kier molecular flexibility index (Phi) is 12.7. The number of fused-ring (bicyclic) bond motifs is 2. The highest BCUT2D eigenvalue weighted by Crippen LogP contribution is 2.34. The third-order valence-electron chi connectivity index (χ3n) is 9.49. The molecule has 0 amide bonds. The predicted molar refractivity (Wildman–Crippen MR) is 211 cm³/mol. The number of hydrogen-bond acceptors (Lipinski definition) is 8. The minimum atomic E-state index is -4.49. The molecule has 2 aliphatic heterocycles. The molecule has 2 aromatic carbocycles. The van der Waals surface area contributed by atoms with E-state index in [2.05, 4.69) is 19.8 Å². The molecule has 2 saturated heterocycles. The maximum Gasteiger partial charge on any atom is 0.416 e. The second-order valence-corrected chi connectivity index (χ2v) is 15.8. The fourth-order valence-corrected chi connectivity index (χ4v) is 8.96. The first-order valence-electron chi connectivity index (χ1n) is 18.2. The molecule has 2 aliphatic rings. The molecular formula is C39H44F4N8O2S2. The number of nitrogens with zero attached hydrogens (tertiary/aromatic N) is 6. The zero-order valence-corrected chi connectivity index (χ0v) is 32.2. The summed E-state index contributed by atoms with van der Waals surface area (Å²) in [5.41, 5.74) is 15.8. The van der Waals surface area contributed by atoms with Gasteiger partial charge in [-0.05, 0) is 86.3 Å². The maximum atomic E-state index is 13.5. The van der Waals surface area contributed by atoms with Gasteiger partial charge in [-0.15, -0.1) is 0 Å². The fraction of sp³-hybridized carbons (Fsp3) is 0.333. The zero-order valence-electron chi connectivity index (χ0n) is 30.5. The van der Waals surface area contributed by atoms with Gasteiger partial charge in [-0.25, -0.2) is 12.8 Å². The van der Waals surface area contributed by atoms with Gasteiger partial charge in [-0.1, -0.05) is 26.0 Å². The Balaban J connectivity index is 0.000000180. The largest absolute Gasteiger partial charge is 0.416 e. The Morgan fingerprint density at radius 2 is 1.09 bits per heavy atom. The molecule has 2 unspecified atom stereocenters. The summed E-state index contributed by atoms with van der Waals surface area (Å²) in [7, 11) is -3.37. The summed E-state index contributed by atoms with van der Waals surface area (Å²) < 4.78 is 81.9. The van der Waals surface area contributed by atoms with Gasteiger partial charge in [-0.3, -0.25) is 17.9 Å². The summed E-state index contributed by atoms with van der Waals surface area (Å²) in [5.74, 6) is -0.398. The van der Waals surface area contributed by atoms with Gasteiger partial charge >= 0.3 is 6.18 Å². The molecular weight excluding hydrogens is 753 g/mol. The topological polar surface area (TPSA) is 128 Å². The van der Waals surface area contributed by atoms with Crippen molar-refractivity contribution in [3.05, 3.63) is 109 Å². The molecule has 0 bridgehead atoms. The Morgan fingerprint density at radius 1 is 0.655 bits per heavy atom. The van der Waals surface area contributed by atoms with Crippen LogP contribution in [-0.4, -0.2) is 64.6 Å². The number of pyridine rings is 2. The quantitative estimate of drug-likeness (QED) is 0.169. The number of halogens is 4. The van der Waals surface area contributed by atoms with E-state index in [-0.39, 0.29) is 17.0 Å². The molecule has 8 rings (SSSR count). The first-order valence-corrected chi connectivity index (χ1v) is 20.4. The number of piperidine rings is 2. The normalized spacial score (nSPS) is 16.7. The number of aromatic nitrogens is 4. The molecule has 6 aromatic rings. The van der Waals surface area contributed by atoms with Crippen LogP contribution >= 0.6 is 0 Å². The van der Waals surface area contributed by atoms with Crippen molar-refractivity contribution in [2.45, 2.75) is 67.6 Å². The monoisotopic (exact) mass is 796 g/mol. The van der Waals surface area contributed by atoms with Crippen molar-refractivity contribution < 1.29 is 26.0 Å². The molecule has 4 N–H and O–H groups in total. The summed E-state index contributed by atoms with van der Waals surface area (Å²) in [4.78, 5) is 13.8. The molecule has 10 nitrogen and oxygen atoms in total. The second-order valence-electron chi connectivity index (χ2n) is 13.1. The minimum absolute atomic E-state index is 0.0859. The third kappa shape index (κ3) is 8.93. The van der Waals surface area contributed by atoms with Gasteiger partial charge in [0.25, 0.3) is 0 Å². The molecule has 6 heterocycles. The number of alkyl halides is 3. The lowest BCUT2D eigenvalue weighted by molar-refractivity contribution is -0.137. The number of benzene rings is 2. The van der Waals surface area contributed by atoms with Gasteiger partial charge in [0, 0.05) is 63.1 Å². The van der Waals surface area contributed by atoms with Crippen LogP contribution in [0.3, 0.4) is 0 Å². The van der Waals surface area contributed by atoms with E-state index >= 15 is 0 Å². The fourth-order valence-electron chi connectivity index (χ4n) is 6.63. The highest BCUT2D eigenvalue weighted by Gasteiger charge is 2.31. The van der Waals surface area contributed by atoms with Crippen molar-refractivity contribution >= 4 is 55.4 Å². The lowest BCUT2D eigenvalue weighted by atomic mass is 10.1. The van der Waals surface area contributed by atoms with Crippen molar-refractivity contribution in [1.29, 1.82) is 0 Å². The predicted octanol–water partition coefficient (Wildman–Crippen LogP) is 7.25. The van der Waals surface area contributed by atoms with Gasteiger partial charge in [0.1, 0.15) is 16.9 Å². The van der Waals surface area contributed by atoms with Crippen LogP contribution in [0, 0.1) is 5.82 Å². The zero-order chi connectivity index (χ0) is 39.3. The Hall–Kier alpha value is -4.64. The number of nitrogens with two attached hydrogens (primary N) is 2. The highest BCUT2D eigenvalue weighted by atomic mass is 32.2. The van der Waals surface area contributed by atoms with Crippen molar-refractivity contribution in [2.24, 2.45) is 11.5 Å². The van der Waals surface area contributed by atoms with Gasteiger partial charge in [0.15, 0.2) is 22.0 Å². The second kappa shape index (κ2) is 17.4. The molecule has 4 aromatic heterocycles. The summed E-state index contributed by atoms with van der Waals surface area (Å²) in [6, 6.07) is 18.1. The molecule has 0 saturated carbocycles. The van der Waals surface area contributed by atoms with Gasteiger partial charge in [0.2, 0.25) is 0 Å².